The smallest absolute Gasteiger partial charge is 0.303 e. The number of hydrogen-bond acceptors (Lipinski definition) is 3. The maximum Gasteiger partial charge on any atom is 0.303 e. The van der Waals surface area contributed by atoms with Crippen molar-refractivity contribution in [1.82, 2.24) is 5.32 Å². The highest BCUT2D eigenvalue weighted by molar-refractivity contribution is 5.85. The molecule has 0 saturated carbocycles. The summed E-state index contributed by atoms with van der Waals surface area (Å²) in [7, 11) is 0. The van der Waals surface area contributed by atoms with E-state index < -0.39 is 11.5 Å². The van der Waals surface area contributed by atoms with Gasteiger partial charge in [0.05, 0.1) is 5.54 Å². The number of carbonyl (C=O) groups excluding carboxylic acids is 1. The fourth-order valence-electron chi connectivity index (χ4n) is 1.18. The molecule has 0 saturated heterocycles. The molecule has 0 aliphatic rings. The highest BCUT2D eigenvalue weighted by Crippen LogP contribution is 2.07. The maximum absolute atomic E-state index is 11.7. The molecule has 0 radical (unpaired) electrons. The number of nitrogens with one attached hydrogen (secondary N) is 1. The van der Waals surface area contributed by atoms with Gasteiger partial charge in [-0.2, -0.15) is 0 Å². The van der Waals surface area contributed by atoms with Gasteiger partial charge >= 0.3 is 5.97 Å². The van der Waals surface area contributed by atoms with Crippen LogP contribution in [-0.2, 0) is 9.59 Å². The van der Waals surface area contributed by atoms with Gasteiger partial charge in [0.2, 0.25) is 5.91 Å². The van der Waals surface area contributed by atoms with Gasteiger partial charge in [-0.1, -0.05) is 6.92 Å². The number of rotatable bonds is 7. The average Bonchev–Trinajstić information content (AvgIpc) is 2.16. The highest BCUT2D eigenvalue weighted by atomic mass is 16.4. The van der Waals surface area contributed by atoms with E-state index in [1.165, 1.54) is 0 Å². The van der Waals surface area contributed by atoms with Crippen LogP contribution in [0.3, 0.4) is 0 Å². The maximum atomic E-state index is 11.7. The zero-order chi connectivity index (χ0) is 12.8. The number of aliphatic carboxylic acids is 1. The van der Waals surface area contributed by atoms with Crippen molar-refractivity contribution in [2.24, 2.45) is 5.73 Å². The Bertz CT molecular complexity index is 252. The van der Waals surface area contributed by atoms with E-state index in [1.807, 2.05) is 13.8 Å². The van der Waals surface area contributed by atoms with Gasteiger partial charge in [0, 0.05) is 12.5 Å². The fourth-order valence-corrected chi connectivity index (χ4v) is 1.18. The Kier molecular flexibility index (Phi) is 6.03. The van der Waals surface area contributed by atoms with Crippen molar-refractivity contribution in [2.45, 2.75) is 58.0 Å². The van der Waals surface area contributed by atoms with Crippen LogP contribution < -0.4 is 11.1 Å². The predicted molar refractivity (Wildman–Crippen MR) is 62.0 cm³/mol. The quantitative estimate of drug-likeness (QED) is 0.605. The molecule has 0 aromatic carbocycles. The third-order valence-electron chi connectivity index (χ3n) is 2.66. The minimum absolute atomic E-state index is 0.0405. The molecular weight excluding hydrogens is 208 g/mol. The van der Waals surface area contributed by atoms with Crippen molar-refractivity contribution in [3.05, 3.63) is 0 Å². The van der Waals surface area contributed by atoms with Crippen LogP contribution in [0.5, 0.6) is 0 Å². The van der Waals surface area contributed by atoms with Crippen molar-refractivity contribution in [1.29, 1.82) is 0 Å². The molecule has 2 atom stereocenters. The van der Waals surface area contributed by atoms with Gasteiger partial charge in [-0.3, -0.25) is 9.59 Å². The molecule has 0 aliphatic heterocycles. The lowest BCUT2D eigenvalue weighted by Gasteiger charge is -2.24. The van der Waals surface area contributed by atoms with Gasteiger partial charge in [0.25, 0.3) is 0 Å². The second-order valence-corrected chi connectivity index (χ2v) is 4.43. The molecule has 1 amide bonds. The van der Waals surface area contributed by atoms with Gasteiger partial charge < -0.3 is 16.2 Å². The van der Waals surface area contributed by atoms with Crippen LogP contribution in [0.15, 0.2) is 0 Å². The van der Waals surface area contributed by atoms with Crippen LogP contribution in [0.25, 0.3) is 0 Å². The first kappa shape index (κ1) is 14.9. The lowest BCUT2D eigenvalue weighted by atomic mass is 9.98. The van der Waals surface area contributed by atoms with Gasteiger partial charge in [-0.25, -0.2) is 0 Å². The van der Waals surface area contributed by atoms with Gasteiger partial charge in [-0.15, -0.1) is 0 Å². The monoisotopic (exact) mass is 230 g/mol. The molecule has 2 unspecified atom stereocenters. The lowest BCUT2D eigenvalue weighted by molar-refractivity contribution is -0.137. The number of carboxylic acids is 1. The Morgan fingerprint density at radius 3 is 2.50 bits per heavy atom. The first-order valence-corrected chi connectivity index (χ1v) is 5.61. The summed E-state index contributed by atoms with van der Waals surface area (Å²) in [5.74, 6) is -0.992. The van der Waals surface area contributed by atoms with Crippen molar-refractivity contribution in [3.8, 4) is 0 Å². The summed E-state index contributed by atoms with van der Waals surface area (Å²) in [4.78, 5) is 22.0. The molecule has 0 heterocycles. The number of hydrogen-bond donors (Lipinski definition) is 3. The highest BCUT2D eigenvalue weighted by Gasteiger charge is 2.26. The molecule has 5 nitrogen and oxygen atoms in total. The zero-order valence-electron chi connectivity index (χ0n) is 10.2. The van der Waals surface area contributed by atoms with Crippen molar-refractivity contribution < 1.29 is 14.7 Å². The SMILES string of the molecule is CCC(C)(N)C(=O)NC(C)CCCC(=O)O. The fraction of sp³-hybridized carbons (Fsp3) is 0.818. The number of carbonyl (C=O) groups is 2. The van der Waals surface area contributed by atoms with Gasteiger partial charge in [-0.05, 0) is 33.1 Å². The number of nitrogens with two attached hydrogens (primary N) is 1. The molecule has 4 N–H and O–H groups in total. The average molecular weight is 230 g/mol. The number of carboxylic acid groups (broad SMARTS) is 1. The third-order valence-corrected chi connectivity index (χ3v) is 2.66. The standard InChI is InChI=1S/C11H22N2O3/c1-4-11(3,12)10(16)13-8(2)6-5-7-9(14)15/h8H,4-7,12H2,1-3H3,(H,13,16)(H,14,15). The predicted octanol–water partition coefficient (Wildman–Crippen LogP) is 0.873. The van der Waals surface area contributed by atoms with E-state index in [2.05, 4.69) is 5.32 Å². The molecule has 0 aromatic heterocycles. The van der Waals surface area contributed by atoms with Crippen LogP contribution in [0.2, 0.25) is 0 Å². The lowest BCUT2D eigenvalue weighted by Crippen LogP contribution is -2.53. The molecule has 16 heavy (non-hydrogen) atoms. The van der Waals surface area contributed by atoms with Gasteiger partial charge in [0.1, 0.15) is 0 Å². The summed E-state index contributed by atoms with van der Waals surface area (Å²) in [6.45, 7) is 5.40. The first-order chi connectivity index (χ1) is 7.29. The summed E-state index contributed by atoms with van der Waals surface area (Å²) in [6, 6.07) is -0.0405. The topological polar surface area (TPSA) is 92.4 Å². The molecule has 0 bridgehead atoms. The largest absolute Gasteiger partial charge is 0.481 e. The van der Waals surface area contributed by atoms with E-state index in [1.54, 1.807) is 6.92 Å². The summed E-state index contributed by atoms with van der Waals surface area (Å²) in [5, 5.41) is 11.3. The molecule has 5 heteroatoms. The first-order valence-electron chi connectivity index (χ1n) is 5.61. The van der Waals surface area contributed by atoms with Crippen LogP contribution >= 0.6 is 0 Å². The number of amides is 1. The Morgan fingerprint density at radius 2 is 2.06 bits per heavy atom. The Balaban J connectivity index is 3.91. The second kappa shape index (κ2) is 6.48. The van der Waals surface area contributed by atoms with Crippen LogP contribution in [0.4, 0.5) is 0 Å². The van der Waals surface area contributed by atoms with E-state index in [0.717, 1.165) is 0 Å². The van der Waals surface area contributed by atoms with E-state index in [-0.39, 0.29) is 18.4 Å². The minimum Gasteiger partial charge on any atom is -0.481 e. The summed E-state index contributed by atoms with van der Waals surface area (Å²) in [6.07, 6.45) is 1.91. The van der Waals surface area contributed by atoms with E-state index in [0.29, 0.717) is 19.3 Å². The molecular formula is C11H22N2O3. The molecule has 0 spiro atoms. The minimum atomic E-state index is -0.846. The third kappa shape index (κ3) is 5.70. The van der Waals surface area contributed by atoms with E-state index in [9.17, 15) is 9.59 Å². The van der Waals surface area contributed by atoms with E-state index in [4.69, 9.17) is 10.8 Å². The summed E-state index contributed by atoms with van der Waals surface area (Å²) in [5.41, 5.74) is 4.93. The van der Waals surface area contributed by atoms with E-state index >= 15 is 0 Å². The van der Waals surface area contributed by atoms with Crippen LogP contribution in [-0.4, -0.2) is 28.6 Å². The molecule has 0 rings (SSSR count). The van der Waals surface area contributed by atoms with Crippen molar-refractivity contribution in [3.63, 3.8) is 0 Å². The second-order valence-electron chi connectivity index (χ2n) is 4.43. The van der Waals surface area contributed by atoms with Crippen LogP contribution in [0.1, 0.15) is 46.5 Å². The molecule has 0 fully saturated rings. The Labute approximate surface area is 96.4 Å². The normalized spacial score (nSPS) is 16.2. The zero-order valence-corrected chi connectivity index (χ0v) is 10.2. The Morgan fingerprint density at radius 1 is 1.50 bits per heavy atom. The van der Waals surface area contributed by atoms with Crippen molar-refractivity contribution >= 4 is 11.9 Å². The van der Waals surface area contributed by atoms with Crippen LogP contribution in [0, 0.1) is 0 Å². The summed E-state index contributed by atoms with van der Waals surface area (Å²) >= 11 is 0. The molecule has 0 aromatic rings. The van der Waals surface area contributed by atoms with Gasteiger partial charge in [0.15, 0.2) is 0 Å². The Hall–Kier alpha value is -1.10. The summed E-state index contributed by atoms with van der Waals surface area (Å²) < 4.78 is 0. The molecule has 94 valence electrons. The molecule has 0 aliphatic carbocycles. The van der Waals surface area contributed by atoms with Crippen molar-refractivity contribution in [2.75, 3.05) is 0 Å².